The van der Waals surface area contributed by atoms with E-state index >= 15 is 0 Å². The second-order valence-corrected chi connectivity index (χ2v) is 11.6. The van der Waals surface area contributed by atoms with Gasteiger partial charge < -0.3 is 19.3 Å². The van der Waals surface area contributed by atoms with Crippen molar-refractivity contribution in [1.29, 1.82) is 0 Å². The minimum absolute atomic E-state index is 0.0326. The van der Waals surface area contributed by atoms with Crippen molar-refractivity contribution in [2.45, 2.75) is 77.1 Å². The van der Waals surface area contributed by atoms with Crippen LogP contribution in [-0.2, 0) is 14.3 Å². The molecule has 33 heavy (non-hydrogen) atoms. The van der Waals surface area contributed by atoms with Crippen LogP contribution in [0.5, 0.6) is 5.75 Å². The van der Waals surface area contributed by atoms with E-state index in [1.165, 1.54) is 11.8 Å². The molecular weight excluding hydrogens is 458 g/mol. The Morgan fingerprint density at radius 1 is 1.42 bits per heavy atom. The molecule has 6 nitrogen and oxygen atoms in total. The summed E-state index contributed by atoms with van der Waals surface area (Å²) in [5.74, 6) is 1.43. The third kappa shape index (κ3) is 5.98. The van der Waals surface area contributed by atoms with Gasteiger partial charge in [0.1, 0.15) is 16.2 Å². The lowest BCUT2D eigenvalue weighted by Gasteiger charge is -2.34. The standard InChI is InChI=1S/C25H35NO5S2/c1-7-20-25(5,31-22(30-20)16-8-10-18(29-6)11-9-16)13-12-17(27)14-21(28)26-19(24(2,3)4)15-33-23(26)32/h7-11,17,19-20,22,27H,1,12-15H2,2-6H3/t17-,19+,20-,22?,25+/m0/s1. The maximum atomic E-state index is 13.0. The van der Waals surface area contributed by atoms with Crippen molar-refractivity contribution in [2.24, 2.45) is 5.41 Å². The van der Waals surface area contributed by atoms with Crippen LogP contribution in [-0.4, -0.2) is 56.9 Å². The van der Waals surface area contributed by atoms with E-state index < -0.39 is 18.0 Å². The van der Waals surface area contributed by atoms with Crippen molar-refractivity contribution in [3.05, 3.63) is 42.5 Å². The Labute approximate surface area is 206 Å². The number of aliphatic hydroxyl groups excluding tert-OH is 1. The molecule has 0 bridgehead atoms. The largest absolute Gasteiger partial charge is 0.497 e. The monoisotopic (exact) mass is 493 g/mol. The highest BCUT2D eigenvalue weighted by atomic mass is 32.2. The lowest BCUT2D eigenvalue weighted by atomic mass is 9.86. The zero-order chi connectivity index (χ0) is 24.4. The highest BCUT2D eigenvalue weighted by Gasteiger charge is 2.46. The van der Waals surface area contributed by atoms with Crippen LogP contribution in [0.2, 0.25) is 0 Å². The molecule has 1 unspecified atom stereocenters. The molecule has 3 rings (SSSR count). The van der Waals surface area contributed by atoms with Crippen LogP contribution < -0.4 is 4.74 Å². The lowest BCUT2D eigenvalue weighted by Crippen LogP contribution is -2.46. The van der Waals surface area contributed by atoms with Crippen molar-refractivity contribution in [2.75, 3.05) is 12.9 Å². The van der Waals surface area contributed by atoms with Crippen molar-refractivity contribution >= 4 is 34.2 Å². The van der Waals surface area contributed by atoms with E-state index in [0.717, 1.165) is 17.1 Å². The van der Waals surface area contributed by atoms with Gasteiger partial charge in [0.15, 0.2) is 6.29 Å². The van der Waals surface area contributed by atoms with E-state index in [0.29, 0.717) is 17.2 Å². The molecule has 1 N–H and O–H groups in total. The quantitative estimate of drug-likeness (QED) is 0.410. The van der Waals surface area contributed by atoms with Crippen LogP contribution in [0.3, 0.4) is 0 Å². The molecule has 8 heteroatoms. The van der Waals surface area contributed by atoms with Crippen LogP contribution in [0.4, 0.5) is 0 Å². The predicted molar refractivity (Wildman–Crippen MR) is 135 cm³/mol. The highest BCUT2D eigenvalue weighted by molar-refractivity contribution is 8.23. The Hall–Kier alpha value is -1.45. The van der Waals surface area contributed by atoms with E-state index in [2.05, 4.69) is 27.4 Å². The number of methoxy groups -OCH3 is 1. The van der Waals surface area contributed by atoms with Gasteiger partial charge in [0.25, 0.3) is 0 Å². The Morgan fingerprint density at radius 3 is 2.67 bits per heavy atom. The van der Waals surface area contributed by atoms with Gasteiger partial charge in [0.05, 0.1) is 31.3 Å². The number of benzene rings is 1. The predicted octanol–water partition coefficient (Wildman–Crippen LogP) is 4.86. The number of ether oxygens (including phenoxy) is 3. The van der Waals surface area contributed by atoms with Crippen LogP contribution in [0.15, 0.2) is 36.9 Å². The van der Waals surface area contributed by atoms with Gasteiger partial charge in [-0.25, -0.2) is 0 Å². The van der Waals surface area contributed by atoms with E-state index in [-0.39, 0.29) is 29.9 Å². The molecule has 1 aromatic carbocycles. The summed E-state index contributed by atoms with van der Waals surface area (Å²) < 4.78 is 18.2. The molecule has 0 radical (unpaired) electrons. The molecule has 2 aliphatic rings. The van der Waals surface area contributed by atoms with Gasteiger partial charge >= 0.3 is 0 Å². The van der Waals surface area contributed by atoms with Crippen molar-refractivity contribution in [1.82, 2.24) is 4.90 Å². The number of hydrogen-bond donors (Lipinski definition) is 1. The topological polar surface area (TPSA) is 68.2 Å². The highest BCUT2D eigenvalue weighted by Crippen LogP contribution is 2.42. The average molecular weight is 494 g/mol. The third-order valence-corrected chi connectivity index (χ3v) is 7.85. The summed E-state index contributed by atoms with van der Waals surface area (Å²) in [5.41, 5.74) is 0.142. The molecule has 1 aromatic rings. The Morgan fingerprint density at radius 2 is 2.09 bits per heavy atom. The summed E-state index contributed by atoms with van der Waals surface area (Å²) in [5, 5.41) is 10.7. The molecule has 2 aliphatic heterocycles. The number of aliphatic hydroxyl groups is 1. The molecule has 0 saturated carbocycles. The normalized spacial score (nSPS) is 28.7. The fraction of sp³-hybridized carbons (Fsp3) is 0.600. The van der Waals surface area contributed by atoms with Crippen molar-refractivity contribution in [3.8, 4) is 5.75 Å². The number of carbonyl (C=O) groups is 1. The van der Waals surface area contributed by atoms with Gasteiger partial charge in [-0.05, 0) is 37.3 Å². The summed E-state index contributed by atoms with van der Waals surface area (Å²) in [4.78, 5) is 14.7. The number of carbonyl (C=O) groups excluding carboxylic acids is 1. The summed E-state index contributed by atoms with van der Waals surface area (Å²) in [7, 11) is 1.62. The molecule has 2 fully saturated rings. The number of nitrogens with zero attached hydrogens (tertiary/aromatic N) is 1. The molecular formula is C25H35NO5S2. The lowest BCUT2D eigenvalue weighted by molar-refractivity contribution is -0.132. The van der Waals surface area contributed by atoms with Gasteiger partial charge in [-0.2, -0.15) is 0 Å². The van der Waals surface area contributed by atoms with E-state index in [1.54, 1.807) is 18.1 Å². The summed E-state index contributed by atoms with van der Waals surface area (Å²) >= 11 is 6.95. The number of hydrogen-bond acceptors (Lipinski definition) is 7. The SMILES string of the molecule is C=C[C@@H]1OC(c2ccc(OC)cc2)O[C@]1(C)CC[C@H](O)CC(=O)N1C(=S)SC[C@@H]1C(C)(C)C. The first-order valence-electron chi connectivity index (χ1n) is 11.2. The Kier molecular flexibility index (Phi) is 8.28. The molecule has 1 amide bonds. The number of thioether (sulfide) groups is 1. The fourth-order valence-corrected chi connectivity index (χ4v) is 5.97. The fourth-order valence-electron chi connectivity index (χ4n) is 4.22. The Balaban J connectivity index is 1.60. The third-order valence-electron chi connectivity index (χ3n) is 6.38. The molecule has 0 aromatic heterocycles. The summed E-state index contributed by atoms with van der Waals surface area (Å²) in [6, 6.07) is 7.58. The second kappa shape index (κ2) is 10.4. The van der Waals surface area contributed by atoms with Crippen molar-refractivity contribution < 1.29 is 24.1 Å². The van der Waals surface area contributed by atoms with Crippen LogP contribution in [0.1, 0.15) is 58.8 Å². The van der Waals surface area contributed by atoms with Gasteiger partial charge in [-0.1, -0.05) is 63.0 Å². The first kappa shape index (κ1) is 26.2. The molecule has 2 heterocycles. The number of amides is 1. The number of thiocarbonyl (C=S) groups is 1. The zero-order valence-electron chi connectivity index (χ0n) is 20.1. The van der Waals surface area contributed by atoms with Gasteiger partial charge in [-0.3, -0.25) is 9.69 Å². The van der Waals surface area contributed by atoms with E-state index in [4.69, 9.17) is 26.4 Å². The first-order valence-corrected chi connectivity index (χ1v) is 12.6. The molecule has 0 aliphatic carbocycles. The zero-order valence-corrected chi connectivity index (χ0v) is 21.7. The van der Waals surface area contributed by atoms with Crippen molar-refractivity contribution in [3.63, 3.8) is 0 Å². The van der Waals surface area contributed by atoms with Gasteiger partial charge in [0, 0.05) is 11.3 Å². The van der Waals surface area contributed by atoms with Crippen LogP contribution >= 0.6 is 24.0 Å². The van der Waals surface area contributed by atoms with E-state index in [1.807, 2.05) is 31.2 Å². The first-order chi connectivity index (χ1) is 15.5. The minimum atomic E-state index is -0.794. The molecule has 0 spiro atoms. The number of rotatable bonds is 8. The second-order valence-electron chi connectivity index (χ2n) is 9.95. The Bertz CT molecular complexity index is 869. The molecule has 2 saturated heterocycles. The average Bonchev–Trinajstić information content (AvgIpc) is 3.32. The smallest absolute Gasteiger partial charge is 0.230 e. The maximum Gasteiger partial charge on any atom is 0.230 e. The van der Waals surface area contributed by atoms with Crippen LogP contribution in [0, 0.1) is 5.41 Å². The molecule has 5 atom stereocenters. The van der Waals surface area contributed by atoms with Gasteiger partial charge in [-0.15, -0.1) is 6.58 Å². The minimum Gasteiger partial charge on any atom is -0.497 e. The summed E-state index contributed by atoms with van der Waals surface area (Å²) in [6.07, 6.45) is 1.03. The van der Waals surface area contributed by atoms with Crippen LogP contribution in [0.25, 0.3) is 0 Å². The molecule has 182 valence electrons. The summed E-state index contributed by atoms with van der Waals surface area (Å²) in [6.45, 7) is 12.2. The maximum absolute atomic E-state index is 13.0. The van der Waals surface area contributed by atoms with Gasteiger partial charge in [0.2, 0.25) is 5.91 Å². The van der Waals surface area contributed by atoms with E-state index in [9.17, 15) is 9.90 Å².